The lowest BCUT2D eigenvalue weighted by molar-refractivity contribution is -0.383. The van der Waals surface area contributed by atoms with E-state index in [2.05, 4.69) is 5.32 Å². The maximum atomic E-state index is 10.9. The summed E-state index contributed by atoms with van der Waals surface area (Å²) in [6.45, 7) is 2.17. The molecule has 1 aromatic rings. The van der Waals surface area contributed by atoms with Crippen LogP contribution >= 0.6 is 11.6 Å². The third-order valence-corrected chi connectivity index (χ3v) is 3.00. The Morgan fingerprint density at radius 2 is 2.41 bits per heavy atom. The van der Waals surface area contributed by atoms with Crippen LogP contribution in [0.4, 0.5) is 11.4 Å². The second-order valence-electron chi connectivity index (χ2n) is 4.03. The average Bonchev–Trinajstić information content (AvgIpc) is 2.80. The van der Waals surface area contributed by atoms with Crippen LogP contribution in [0.2, 0.25) is 5.02 Å². The molecule has 0 radical (unpaired) electrons. The number of hydrogen-bond acceptors (Lipinski definition) is 4. The lowest BCUT2D eigenvalue weighted by atomic mass is 10.1. The molecule has 0 aliphatic carbocycles. The quantitative estimate of drug-likeness (QED) is 0.664. The van der Waals surface area contributed by atoms with Gasteiger partial charge in [0.1, 0.15) is 5.69 Å². The fourth-order valence-corrected chi connectivity index (χ4v) is 1.97. The average molecular weight is 257 g/mol. The molecule has 0 aromatic heterocycles. The van der Waals surface area contributed by atoms with E-state index in [0.29, 0.717) is 29.8 Å². The summed E-state index contributed by atoms with van der Waals surface area (Å²) in [6.07, 6.45) is 0.994. The maximum absolute atomic E-state index is 10.9. The lowest BCUT2D eigenvalue weighted by Crippen LogP contribution is -2.14. The first-order valence-electron chi connectivity index (χ1n) is 5.42. The maximum Gasteiger partial charge on any atom is 0.293 e. The topological polar surface area (TPSA) is 64.4 Å². The fraction of sp³-hybridized carbons (Fsp3) is 0.455. The van der Waals surface area contributed by atoms with Gasteiger partial charge >= 0.3 is 0 Å². The van der Waals surface area contributed by atoms with Crippen LogP contribution in [-0.4, -0.2) is 24.7 Å². The van der Waals surface area contributed by atoms with Gasteiger partial charge in [-0.1, -0.05) is 11.6 Å². The minimum Gasteiger partial charge on any atom is -0.381 e. The highest BCUT2D eigenvalue weighted by molar-refractivity contribution is 6.30. The summed E-state index contributed by atoms with van der Waals surface area (Å²) in [7, 11) is 0. The van der Waals surface area contributed by atoms with E-state index < -0.39 is 4.92 Å². The molecule has 1 saturated heterocycles. The molecule has 92 valence electrons. The molecule has 0 amide bonds. The summed E-state index contributed by atoms with van der Waals surface area (Å²) in [5.41, 5.74) is 0.516. The van der Waals surface area contributed by atoms with Crippen LogP contribution in [0.1, 0.15) is 6.42 Å². The van der Waals surface area contributed by atoms with Crippen LogP contribution in [0, 0.1) is 16.0 Å². The van der Waals surface area contributed by atoms with Crippen molar-refractivity contribution in [2.75, 3.05) is 25.1 Å². The van der Waals surface area contributed by atoms with Gasteiger partial charge in [-0.2, -0.15) is 0 Å². The van der Waals surface area contributed by atoms with E-state index >= 15 is 0 Å². The molecule has 1 atom stereocenters. The van der Waals surface area contributed by atoms with Gasteiger partial charge in [-0.3, -0.25) is 10.1 Å². The van der Waals surface area contributed by atoms with Gasteiger partial charge in [-0.25, -0.2) is 0 Å². The van der Waals surface area contributed by atoms with Gasteiger partial charge < -0.3 is 10.1 Å². The minimum absolute atomic E-state index is 0.0106. The van der Waals surface area contributed by atoms with Crippen LogP contribution < -0.4 is 5.32 Å². The molecule has 1 aliphatic rings. The van der Waals surface area contributed by atoms with Gasteiger partial charge in [0.05, 0.1) is 11.5 Å². The van der Waals surface area contributed by atoms with Crippen molar-refractivity contribution in [1.29, 1.82) is 0 Å². The molecular weight excluding hydrogens is 244 g/mol. The first-order chi connectivity index (χ1) is 8.16. The van der Waals surface area contributed by atoms with Crippen LogP contribution in [0.15, 0.2) is 18.2 Å². The minimum atomic E-state index is -0.431. The first kappa shape index (κ1) is 12.1. The fourth-order valence-electron chi connectivity index (χ4n) is 1.80. The molecule has 1 fully saturated rings. The highest BCUT2D eigenvalue weighted by Gasteiger charge is 2.18. The molecule has 0 bridgehead atoms. The highest BCUT2D eigenvalue weighted by atomic mass is 35.5. The van der Waals surface area contributed by atoms with Crippen molar-refractivity contribution >= 4 is 23.0 Å². The molecule has 6 heteroatoms. The number of rotatable bonds is 4. The number of halogens is 1. The summed E-state index contributed by atoms with van der Waals surface area (Å²) >= 11 is 5.74. The van der Waals surface area contributed by atoms with Crippen LogP contribution in [-0.2, 0) is 4.74 Å². The Morgan fingerprint density at radius 1 is 1.59 bits per heavy atom. The van der Waals surface area contributed by atoms with E-state index in [1.165, 1.54) is 6.07 Å². The zero-order valence-corrected chi connectivity index (χ0v) is 9.94. The number of ether oxygens (including phenoxy) is 1. The highest BCUT2D eigenvalue weighted by Crippen LogP contribution is 2.28. The Hall–Kier alpha value is -1.33. The normalized spacial score (nSPS) is 19.2. The van der Waals surface area contributed by atoms with Crippen molar-refractivity contribution in [3.63, 3.8) is 0 Å². The largest absolute Gasteiger partial charge is 0.381 e. The summed E-state index contributed by atoms with van der Waals surface area (Å²) in [5.74, 6) is 0.422. The van der Waals surface area contributed by atoms with Crippen molar-refractivity contribution in [1.82, 2.24) is 0 Å². The van der Waals surface area contributed by atoms with E-state index in [0.717, 1.165) is 13.0 Å². The van der Waals surface area contributed by atoms with E-state index in [1.54, 1.807) is 12.1 Å². The van der Waals surface area contributed by atoms with Crippen molar-refractivity contribution < 1.29 is 9.66 Å². The molecule has 1 unspecified atom stereocenters. The number of nitrogens with one attached hydrogen (secondary N) is 1. The Labute approximate surface area is 104 Å². The standard InChI is InChI=1S/C11H13ClN2O3/c12-9-1-2-10(11(5-9)14(15)16)13-6-8-3-4-17-7-8/h1-2,5,8,13H,3-4,6-7H2. The molecule has 1 aromatic carbocycles. The second kappa shape index (κ2) is 5.33. The van der Waals surface area contributed by atoms with Crippen LogP contribution in [0.5, 0.6) is 0 Å². The van der Waals surface area contributed by atoms with E-state index in [1.807, 2.05) is 0 Å². The summed E-state index contributed by atoms with van der Waals surface area (Å²) in [6, 6.07) is 4.63. The SMILES string of the molecule is O=[N+]([O-])c1cc(Cl)ccc1NCC1CCOC1. The number of anilines is 1. The van der Waals surface area contributed by atoms with E-state index in [4.69, 9.17) is 16.3 Å². The zero-order valence-electron chi connectivity index (χ0n) is 9.19. The van der Waals surface area contributed by atoms with Gasteiger partial charge in [0.15, 0.2) is 0 Å². The Kier molecular flexibility index (Phi) is 3.81. The molecule has 0 saturated carbocycles. The van der Waals surface area contributed by atoms with Gasteiger partial charge in [0.2, 0.25) is 0 Å². The molecule has 0 spiro atoms. The number of hydrogen-bond donors (Lipinski definition) is 1. The van der Waals surface area contributed by atoms with E-state index in [9.17, 15) is 10.1 Å². The molecule has 2 rings (SSSR count). The van der Waals surface area contributed by atoms with Crippen molar-refractivity contribution in [3.05, 3.63) is 33.3 Å². The van der Waals surface area contributed by atoms with Crippen molar-refractivity contribution in [2.45, 2.75) is 6.42 Å². The molecule has 5 nitrogen and oxygen atoms in total. The molecule has 1 N–H and O–H groups in total. The van der Waals surface area contributed by atoms with Crippen molar-refractivity contribution in [3.8, 4) is 0 Å². The number of nitrogens with zero attached hydrogens (tertiary/aromatic N) is 1. The lowest BCUT2D eigenvalue weighted by Gasteiger charge is -2.10. The van der Waals surface area contributed by atoms with Crippen molar-refractivity contribution in [2.24, 2.45) is 5.92 Å². The smallest absolute Gasteiger partial charge is 0.293 e. The third kappa shape index (κ3) is 3.08. The van der Waals surface area contributed by atoms with Gasteiger partial charge in [-0.15, -0.1) is 0 Å². The summed E-state index contributed by atoms with van der Waals surface area (Å²) in [4.78, 5) is 10.4. The third-order valence-electron chi connectivity index (χ3n) is 2.76. The predicted octanol–water partition coefficient (Wildman–Crippen LogP) is 2.70. The number of benzene rings is 1. The number of nitro benzene ring substituents is 1. The van der Waals surface area contributed by atoms with Gasteiger partial charge in [0.25, 0.3) is 5.69 Å². The predicted molar refractivity (Wildman–Crippen MR) is 65.5 cm³/mol. The first-order valence-corrected chi connectivity index (χ1v) is 5.80. The molecule has 1 heterocycles. The monoisotopic (exact) mass is 256 g/mol. The zero-order chi connectivity index (χ0) is 12.3. The Bertz CT molecular complexity index is 419. The van der Waals surface area contributed by atoms with Gasteiger partial charge in [-0.05, 0) is 18.6 Å². The second-order valence-corrected chi connectivity index (χ2v) is 4.47. The molecule has 1 aliphatic heterocycles. The van der Waals surface area contributed by atoms with Crippen LogP contribution in [0.25, 0.3) is 0 Å². The Balaban J connectivity index is 2.06. The summed E-state index contributed by atoms with van der Waals surface area (Å²) < 4.78 is 5.25. The van der Waals surface area contributed by atoms with E-state index in [-0.39, 0.29) is 5.69 Å². The van der Waals surface area contributed by atoms with Crippen LogP contribution in [0.3, 0.4) is 0 Å². The molecular formula is C11H13ClN2O3. The Morgan fingerprint density at radius 3 is 3.06 bits per heavy atom. The number of nitro groups is 1. The summed E-state index contributed by atoms with van der Waals surface area (Å²) in [5, 5.41) is 14.3. The van der Waals surface area contributed by atoms with Gasteiger partial charge in [0, 0.05) is 30.2 Å². The molecule has 17 heavy (non-hydrogen) atoms.